The molecule has 0 radical (unpaired) electrons. The molecule has 2 aliphatic rings. The fourth-order valence-electron chi connectivity index (χ4n) is 5.76. The van der Waals surface area contributed by atoms with Gasteiger partial charge in [-0.1, -0.05) is 6.07 Å². The highest BCUT2D eigenvalue weighted by Crippen LogP contribution is 2.37. The highest BCUT2D eigenvalue weighted by molar-refractivity contribution is 5.94. The van der Waals surface area contributed by atoms with E-state index in [0.717, 1.165) is 58.7 Å². The van der Waals surface area contributed by atoms with E-state index in [-0.39, 0.29) is 0 Å². The fourth-order valence-corrected chi connectivity index (χ4v) is 5.76. The zero-order chi connectivity index (χ0) is 24.6. The van der Waals surface area contributed by atoms with Crippen LogP contribution < -0.4 is 10.6 Å². The summed E-state index contributed by atoms with van der Waals surface area (Å²) in [6.45, 7) is 2.85. The maximum Gasteiger partial charge on any atom is 0.225 e. The van der Waals surface area contributed by atoms with Gasteiger partial charge in [-0.2, -0.15) is 20.4 Å². The number of anilines is 3. The van der Waals surface area contributed by atoms with Gasteiger partial charge in [-0.3, -0.25) is 14.7 Å². The molecule has 2 aliphatic heterocycles. The van der Waals surface area contributed by atoms with E-state index in [1.165, 1.54) is 12.8 Å². The van der Waals surface area contributed by atoms with Crippen molar-refractivity contribution in [1.82, 2.24) is 34.8 Å². The van der Waals surface area contributed by atoms with Crippen molar-refractivity contribution in [2.24, 2.45) is 7.05 Å². The van der Waals surface area contributed by atoms with Gasteiger partial charge in [0.15, 0.2) is 5.82 Å². The van der Waals surface area contributed by atoms with Crippen LogP contribution in [-0.2, 0) is 7.05 Å². The number of benzene rings is 1. The van der Waals surface area contributed by atoms with Crippen molar-refractivity contribution in [2.75, 3.05) is 17.2 Å². The van der Waals surface area contributed by atoms with Gasteiger partial charge in [-0.05, 0) is 50.3 Å². The molecule has 6 rings (SSSR count). The normalized spacial score (nSPS) is 21.5. The molecule has 1 aromatic carbocycles. The van der Waals surface area contributed by atoms with Crippen molar-refractivity contribution in [3.8, 4) is 17.2 Å². The van der Waals surface area contributed by atoms with E-state index in [4.69, 9.17) is 15.2 Å². The molecule has 0 aliphatic carbocycles. The summed E-state index contributed by atoms with van der Waals surface area (Å²) in [6.07, 6.45) is 8.95. The molecule has 0 spiro atoms. The Morgan fingerprint density at radius 2 is 1.97 bits per heavy atom. The van der Waals surface area contributed by atoms with Crippen LogP contribution in [0.5, 0.6) is 0 Å². The summed E-state index contributed by atoms with van der Waals surface area (Å²) in [6, 6.07) is 11.8. The van der Waals surface area contributed by atoms with E-state index in [1.807, 2.05) is 32.4 Å². The molecule has 36 heavy (non-hydrogen) atoms. The van der Waals surface area contributed by atoms with Gasteiger partial charge in [-0.15, -0.1) is 0 Å². The molecule has 3 aromatic heterocycles. The van der Waals surface area contributed by atoms with Crippen LogP contribution in [0.3, 0.4) is 0 Å². The highest BCUT2D eigenvalue weighted by Gasteiger charge is 2.40. The molecular weight excluding hydrogens is 452 g/mol. The van der Waals surface area contributed by atoms with E-state index in [1.54, 1.807) is 4.68 Å². The summed E-state index contributed by atoms with van der Waals surface area (Å²) in [7, 11) is 1.92. The number of piperidine rings is 1. The third-order valence-electron chi connectivity index (χ3n) is 7.39. The van der Waals surface area contributed by atoms with E-state index in [2.05, 4.69) is 55.1 Å². The van der Waals surface area contributed by atoms with E-state index >= 15 is 0 Å². The van der Waals surface area contributed by atoms with Crippen LogP contribution in [0.2, 0.25) is 0 Å². The standard InChI is InChI=1S/C26H30N10/c1-16-10-24(34-33-16)31-25-22-7-4-17(18-14-28-35(2)15-18)11-23(22)30-26(32-25)29-19-12-20-5-6-21(13-19)36(20)9-3-8-27/h4,7,10-11,14-15,19-21H,3,5-6,9,12-13H2,1-2H3,(H3,29,30,31,32,33,34). The molecule has 0 amide bonds. The molecule has 2 saturated heterocycles. The lowest BCUT2D eigenvalue weighted by atomic mass is 9.97. The molecule has 2 unspecified atom stereocenters. The Bertz CT molecular complexity index is 1420. The monoisotopic (exact) mass is 482 g/mol. The minimum absolute atomic E-state index is 0.306. The van der Waals surface area contributed by atoms with Gasteiger partial charge in [0.2, 0.25) is 5.95 Å². The number of aromatic amines is 1. The van der Waals surface area contributed by atoms with Crippen molar-refractivity contribution >= 4 is 28.5 Å². The van der Waals surface area contributed by atoms with Crippen molar-refractivity contribution < 1.29 is 0 Å². The number of hydrogen-bond donors (Lipinski definition) is 3. The lowest BCUT2D eigenvalue weighted by molar-refractivity contribution is 0.135. The molecule has 3 N–H and O–H groups in total. The Morgan fingerprint density at radius 1 is 1.14 bits per heavy atom. The summed E-state index contributed by atoms with van der Waals surface area (Å²) < 4.78 is 1.80. The smallest absolute Gasteiger partial charge is 0.225 e. The maximum atomic E-state index is 9.03. The van der Waals surface area contributed by atoms with Crippen LogP contribution in [0.25, 0.3) is 22.0 Å². The lowest BCUT2D eigenvalue weighted by Gasteiger charge is -2.38. The Kier molecular flexibility index (Phi) is 5.77. The maximum absolute atomic E-state index is 9.03. The summed E-state index contributed by atoms with van der Waals surface area (Å²) in [5.74, 6) is 2.07. The van der Waals surface area contributed by atoms with E-state index < -0.39 is 0 Å². The zero-order valence-corrected chi connectivity index (χ0v) is 20.6. The Labute approximate surface area is 209 Å². The third-order valence-corrected chi connectivity index (χ3v) is 7.39. The molecule has 5 heterocycles. The minimum Gasteiger partial charge on any atom is -0.351 e. The van der Waals surface area contributed by atoms with Crippen LogP contribution in [-0.4, -0.2) is 59.5 Å². The Hall–Kier alpha value is -3.97. The minimum atomic E-state index is 0.306. The van der Waals surface area contributed by atoms with Crippen molar-refractivity contribution in [3.05, 3.63) is 42.4 Å². The third kappa shape index (κ3) is 4.38. The molecule has 2 fully saturated rings. The predicted molar refractivity (Wildman–Crippen MR) is 139 cm³/mol. The number of aromatic nitrogens is 6. The number of rotatable bonds is 7. The molecule has 184 valence electrons. The molecule has 0 saturated carbocycles. The predicted octanol–water partition coefficient (Wildman–Crippen LogP) is 4.13. The SMILES string of the molecule is Cc1cc(Nc2nc(NC3CC4CCC(C3)N4CCC#N)nc3cc(-c4cnn(C)c4)ccc23)n[nH]1. The van der Waals surface area contributed by atoms with Gasteiger partial charge in [0.1, 0.15) is 5.82 Å². The molecule has 10 nitrogen and oxygen atoms in total. The highest BCUT2D eigenvalue weighted by atomic mass is 15.3. The fraction of sp³-hybridized carbons (Fsp3) is 0.423. The quantitative estimate of drug-likeness (QED) is 0.359. The van der Waals surface area contributed by atoms with Gasteiger partial charge in [-0.25, -0.2) is 4.98 Å². The Morgan fingerprint density at radius 3 is 2.67 bits per heavy atom. The van der Waals surface area contributed by atoms with Crippen molar-refractivity contribution in [1.29, 1.82) is 5.26 Å². The number of nitrogens with one attached hydrogen (secondary N) is 3. The zero-order valence-electron chi connectivity index (χ0n) is 20.6. The van der Waals surface area contributed by atoms with Crippen LogP contribution in [0, 0.1) is 18.3 Å². The molecule has 4 aromatic rings. The van der Waals surface area contributed by atoms with Crippen LogP contribution in [0.1, 0.15) is 37.8 Å². The largest absolute Gasteiger partial charge is 0.351 e. The second-order valence-corrected chi connectivity index (χ2v) is 9.94. The second-order valence-electron chi connectivity index (χ2n) is 9.94. The first-order valence-electron chi connectivity index (χ1n) is 12.5. The van der Waals surface area contributed by atoms with E-state index in [0.29, 0.717) is 30.5 Å². The molecule has 2 bridgehead atoms. The second kappa shape index (κ2) is 9.24. The summed E-state index contributed by atoms with van der Waals surface area (Å²) in [4.78, 5) is 12.4. The van der Waals surface area contributed by atoms with Gasteiger partial charge in [0.05, 0.1) is 17.8 Å². The van der Waals surface area contributed by atoms with Gasteiger partial charge >= 0.3 is 0 Å². The Balaban J connectivity index is 1.31. The first-order chi connectivity index (χ1) is 17.6. The van der Waals surface area contributed by atoms with Crippen LogP contribution in [0.15, 0.2) is 36.7 Å². The van der Waals surface area contributed by atoms with Crippen molar-refractivity contribution in [2.45, 2.75) is 57.2 Å². The number of H-pyrrole nitrogens is 1. The number of aryl methyl sites for hydroxylation is 2. The van der Waals surface area contributed by atoms with Gasteiger partial charge < -0.3 is 10.6 Å². The van der Waals surface area contributed by atoms with Crippen molar-refractivity contribution in [3.63, 3.8) is 0 Å². The topological polar surface area (TPSA) is 123 Å². The molecule has 10 heteroatoms. The average molecular weight is 483 g/mol. The van der Waals surface area contributed by atoms with Crippen LogP contribution >= 0.6 is 0 Å². The first kappa shape index (κ1) is 22.5. The van der Waals surface area contributed by atoms with E-state index in [9.17, 15) is 0 Å². The number of fused-ring (bicyclic) bond motifs is 3. The average Bonchev–Trinajstić information content (AvgIpc) is 3.54. The van der Waals surface area contributed by atoms with Crippen LogP contribution in [0.4, 0.5) is 17.6 Å². The summed E-state index contributed by atoms with van der Waals surface area (Å²) >= 11 is 0. The van der Waals surface area contributed by atoms with Gasteiger partial charge in [0.25, 0.3) is 0 Å². The summed E-state index contributed by atoms with van der Waals surface area (Å²) in [5.41, 5.74) is 3.95. The number of nitrogens with zero attached hydrogens (tertiary/aromatic N) is 7. The van der Waals surface area contributed by atoms with Gasteiger partial charge in [0, 0.05) is 67.0 Å². The number of hydrogen-bond acceptors (Lipinski definition) is 8. The lowest BCUT2D eigenvalue weighted by Crippen LogP contribution is -2.47. The first-order valence-corrected chi connectivity index (χ1v) is 12.5. The molecule has 2 atom stereocenters. The summed E-state index contributed by atoms with van der Waals surface area (Å²) in [5, 5.41) is 28.6. The number of nitriles is 1. The molecular formula is C26H30N10.